The van der Waals surface area contributed by atoms with Gasteiger partial charge in [0.05, 0.1) is 5.69 Å². The molecule has 0 aliphatic carbocycles. The number of nitrogens with zero attached hydrogens (tertiary/aromatic N) is 3. The predicted octanol–water partition coefficient (Wildman–Crippen LogP) is 2.03. The average molecular weight is 370 g/mol. The highest BCUT2D eigenvalue weighted by Crippen LogP contribution is 2.41. The fraction of sp³-hybridized carbons (Fsp3) is 0.125. The molecule has 2 aromatic rings. The van der Waals surface area contributed by atoms with E-state index in [0.29, 0.717) is 22.3 Å². The van der Waals surface area contributed by atoms with E-state index in [4.69, 9.17) is 0 Å². The molecule has 0 unspecified atom stereocenters. The zero-order valence-corrected chi connectivity index (χ0v) is 11.1. The van der Waals surface area contributed by atoms with E-state index in [-0.39, 0.29) is 0 Å². The molecule has 0 aliphatic rings. The first-order chi connectivity index (χ1) is 7.96. The van der Waals surface area contributed by atoms with Crippen LogP contribution in [0.3, 0.4) is 0 Å². The van der Waals surface area contributed by atoms with Crippen molar-refractivity contribution in [1.82, 2.24) is 20.2 Å². The third-order valence-corrected chi connectivity index (χ3v) is 3.15. The standard InChI is InChI=1S/C8H5F2IN4OS/c9-8(10,11)17-6-3-1-2-5(4-6)15-7(16)12-13-14-15/h1-4H,(H,12,14,16). The average Bonchev–Trinajstić information content (AvgIpc) is 2.62. The van der Waals surface area contributed by atoms with Crippen LogP contribution in [-0.2, 0) is 0 Å². The van der Waals surface area contributed by atoms with Crippen LogP contribution in [0.25, 0.3) is 5.69 Å². The van der Waals surface area contributed by atoms with Crippen molar-refractivity contribution in [2.24, 2.45) is 0 Å². The predicted molar refractivity (Wildman–Crippen MR) is 66.8 cm³/mol. The van der Waals surface area contributed by atoms with Crippen LogP contribution >= 0.6 is 34.4 Å². The van der Waals surface area contributed by atoms with Crippen molar-refractivity contribution in [1.29, 1.82) is 0 Å². The van der Waals surface area contributed by atoms with Crippen molar-refractivity contribution in [3.05, 3.63) is 34.7 Å². The summed E-state index contributed by atoms with van der Waals surface area (Å²) in [6.45, 7) is 0. The highest BCUT2D eigenvalue weighted by molar-refractivity contribution is 14.1. The van der Waals surface area contributed by atoms with E-state index in [1.807, 2.05) is 0 Å². The van der Waals surface area contributed by atoms with Crippen molar-refractivity contribution in [2.75, 3.05) is 0 Å². The number of hydrogen-bond acceptors (Lipinski definition) is 4. The van der Waals surface area contributed by atoms with Crippen LogP contribution in [0.1, 0.15) is 0 Å². The summed E-state index contributed by atoms with van der Waals surface area (Å²) in [5, 5.41) is 8.97. The summed E-state index contributed by atoms with van der Waals surface area (Å²) in [7, 11) is 0. The maximum absolute atomic E-state index is 12.8. The van der Waals surface area contributed by atoms with E-state index in [2.05, 4.69) is 15.5 Å². The normalized spacial score (nSPS) is 11.7. The second-order valence-corrected chi connectivity index (χ2v) is 6.24. The Labute approximate surface area is 112 Å². The maximum atomic E-state index is 12.8. The number of benzene rings is 1. The summed E-state index contributed by atoms with van der Waals surface area (Å²) in [6, 6.07) is 6.13. The number of aromatic amines is 1. The van der Waals surface area contributed by atoms with Crippen LogP contribution in [-0.4, -0.2) is 23.5 Å². The number of alkyl halides is 3. The van der Waals surface area contributed by atoms with Gasteiger partial charge in [-0.1, -0.05) is 6.07 Å². The molecule has 0 saturated heterocycles. The highest BCUT2D eigenvalue weighted by Gasteiger charge is 2.25. The Balaban J connectivity index is 2.36. The van der Waals surface area contributed by atoms with Crippen LogP contribution in [0.5, 0.6) is 0 Å². The van der Waals surface area contributed by atoms with Gasteiger partial charge in [0.1, 0.15) is 0 Å². The van der Waals surface area contributed by atoms with E-state index in [9.17, 15) is 13.6 Å². The van der Waals surface area contributed by atoms with Crippen molar-refractivity contribution in [3.8, 4) is 5.69 Å². The molecule has 0 aliphatic heterocycles. The lowest BCUT2D eigenvalue weighted by Gasteiger charge is -2.08. The lowest BCUT2D eigenvalue weighted by Crippen LogP contribution is -2.15. The van der Waals surface area contributed by atoms with Gasteiger partial charge in [-0.2, -0.15) is 13.5 Å². The van der Waals surface area contributed by atoms with E-state index >= 15 is 0 Å². The van der Waals surface area contributed by atoms with Gasteiger partial charge < -0.3 is 0 Å². The van der Waals surface area contributed by atoms with Gasteiger partial charge >= 0.3 is 8.95 Å². The number of hydrogen-bond donors (Lipinski definition) is 1. The zero-order valence-electron chi connectivity index (χ0n) is 8.10. The lowest BCUT2D eigenvalue weighted by molar-refractivity contribution is 0.232. The van der Waals surface area contributed by atoms with Crippen LogP contribution in [0.2, 0.25) is 0 Å². The molecule has 0 amide bonds. The van der Waals surface area contributed by atoms with Crippen molar-refractivity contribution < 1.29 is 8.78 Å². The molecule has 0 fully saturated rings. The minimum atomic E-state index is -2.90. The first-order valence-electron chi connectivity index (χ1n) is 4.32. The number of H-pyrrole nitrogens is 1. The summed E-state index contributed by atoms with van der Waals surface area (Å²) in [5.74, 6) is 0. The molecular weight excluding hydrogens is 365 g/mol. The summed E-state index contributed by atoms with van der Waals surface area (Å²) in [5.41, 5.74) is -0.136. The van der Waals surface area contributed by atoms with Crippen molar-refractivity contribution >= 4 is 34.4 Å². The van der Waals surface area contributed by atoms with Crippen molar-refractivity contribution in [2.45, 2.75) is 8.16 Å². The number of halogens is 3. The zero-order chi connectivity index (χ0) is 12.5. The second-order valence-electron chi connectivity index (χ2n) is 2.96. The monoisotopic (exact) mass is 370 g/mol. The van der Waals surface area contributed by atoms with Crippen LogP contribution < -0.4 is 5.69 Å². The summed E-state index contributed by atoms with van der Waals surface area (Å²) >= 11 is 1.44. The van der Waals surface area contributed by atoms with Gasteiger partial charge in [-0.15, -0.1) is 0 Å². The lowest BCUT2D eigenvalue weighted by atomic mass is 10.3. The molecule has 5 nitrogen and oxygen atoms in total. The summed E-state index contributed by atoms with van der Waals surface area (Å²) in [6.07, 6.45) is 0. The molecule has 17 heavy (non-hydrogen) atoms. The largest absolute Gasteiger partial charge is 0.365 e. The van der Waals surface area contributed by atoms with E-state index in [1.54, 1.807) is 12.1 Å². The summed E-state index contributed by atoms with van der Waals surface area (Å²) in [4.78, 5) is 11.6. The van der Waals surface area contributed by atoms with Gasteiger partial charge in [-0.25, -0.2) is 9.89 Å². The number of nitrogens with one attached hydrogen (secondary N) is 1. The van der Waals surface area contributed by atoms with Crippen LogP contribution in [0, 0.1) is 0 Å². The molecule has 9 heteroatoms. The molecule has 1 aromatic heterocycles. The second kappa shape index (κ2) is 4.72. The fourth-order valence-electron chi connectivity index (χ4n) is 1.18. The van der Waals surface area contributed by atoms with Crippen LogP contribution in [0.4, 0.5) is 8.78 Å². The van der Waals surface area contributed by atoms with Gasteiger partial charge in [0.25, 0.3) is 0 Å². The fourth-order valence-corrected chi connectivity index (χ4v) is 2.54. The first-order valence-corrected chi connectivity index (χ1v) is 6.22. The Morgan fingerprint density at radius 1 is 1.47 bits per heavy atom. The smallest absolute Gasteiger partial charge is 0.244 e. The SMILES string of the molecule is O=c1[nH]nnn1-c1cccc(SC(F)(F)I)c1. The van der Waals surface area contributed by atoms with Gasteiger partial charge in [0, 0.05) is 27.5 Å². The topological polar surface area (TPSA) is 63.6 Å². The molecule has 1 N–H and O–H groups in total. The molecule has 90 valence electrons. The molecule has 0 saturated carbocycles. The summed E-state index contributed by atoms with van der Waals surface area (Å²) < 4.78 is 23.7. The highest BCUT2D eigenvalue weighted by atomic mass is 127. The molecule has 0 bridgehead atoms. The Bertz CT molecular complexity index is 579. The maximum Gasteiger partial charge on any atom is 0.365 e. The Kier molecular flexibility index (Phi) is 3.47. The number of rotatable bonds is 3. The molecular formula is C8H5F2IN4OS. The number of tetrazole rings is 1. The van der Waals surface area contributed by atoms with E-state index in [0.717, 1.165) is 27.3 Å². The third kappa shape index (κ3) is 3.25. The van der Waals surface area contributed by atoms with E-state index in [1.165, 1.54) is 12.1 Å². The van der Waals surface area contributed by atoms with Gasteiger partial charge in [-0.3, -0.25) is 0 Å². The Morgan fingerprint density at radius 2 is 2.24 bits per heavy atom. The van der Waals surface area contributed by atoms with Crippen molar-refractivity contribution in [3.63, 3.8) is 0 Å². The van der Waals surface area contributed by atoms with Gasteiger partial charge in [0.2, 0.25) is 0 Å². The molecule has 0 atom stereocenters. The molecule has 1 aromatic carbocycles. The third-order valence-electron chi connectivity index (χ3n) is 1.77. The molecule has 2 rings (SSSR count). The van der Waals surface area contributed by atoms with E-state index < -0.39 is 8.95 Å². The Morgan fingerprint density at radius 3 is 2.82 bits per heavy atom. The number of thioether (sulfide) groups is 1. The molecule has 0 radical (unpaired) electrons. The molecule has 1 heterocycles. The first kappa shape index (κ1) is 12.5. The Hall–Kier alpha value is -0.970. The number of aromatic nitrogens is 4. The molecule has 0 spiro atoms. The quantitative estimate of drug-likeness (QED) is 0.510. The minimum Gasteiger partial charge on any atom is -0.244 e. The van der Waals surface area contributed by atoms with Gasteiger partial charge in [-0.05, 0) is 40.4 Å². The van der Waals surface area contributed by atoms with Gasteiger partial charge in [0.15, 0.2) is 0 Å². The van der Waals surface area contributed by atoms with Crippen LogP contribution in [0.15, 0.2) is 34.0 Å². The minimum absolute atomic E-state index is 0.344.